The fourth-order valence-electron chi connectivity index (χ4n) is 3.00. The summed E-state index contributed by atoms with van der Waals surface area (Å²) in [7, 11) is 0. The van der Waals surface area contributed by atoms with Crippen molar-refractivity contribution in [3.8, 4) is 0 Å². The number of thiazole rings is 1. The second-order valence-corrected chi connectivity index (χ2v) is 7.85. The highest BCUT2D eigenvalue weighted by atomic mass is 32.1. The molecule has 3 rings (SSSR count). The zero-order chi connectivity index (χ0) is 21.5. The van der Waals surface area contributed by atoms with Crippen LogP contribution in [0.1, 0.15) is 33.4 Å². The summed E-state index contributed by atoms with van der Waals surface area (Å²) in [6.07, 6.45) is 0.520. The van der Waals surface area contributed by atoms with Gasteiger partial charge in [0.05, 0.1) is 13.0 Å². The zero-order valence-electron chi connectivity index (χ0n) is 16.9. The number of benzene rings is 2. The van der Waals surface area contributed by atoms with Crippen LogP contribution in [0.5, 0.6) is 0 Å². The molecule has 3 aromatic rings. The maximum absolute atomic E-state index is 14.1. The van der Waals surface area contributed by atoms with Gasteiger partial charge >= 0.3 is 5.97 Å². The van der Waals surface area contributed by atoms with Gasteiger partial charge in [-0.2, -0.15) is 0 Å². The molecule has 1 heterocycles. The van der Waals surface area contributed by atoms with E-state index in [1.54, 1.807) is 32.0 Å². The predicted molar refractivity (Wildman–Crippen MR) is 115 cm³/mol. The van der Waals surface area contributed by atoms with Crippen LogP contribution in [0.25, 0.3) is 0 Å². The summed E-state index contributed by atoms with van der Waals surface area (Å²) in [4.78, 5) is 31.8. The molecule has 0 saturated carbocycles. The van der Waals surface area contributed by atoms with E-state index in [1.807, 2.05) is 30.3 Å². The first-order chi connectivity index (χ1) is 14.5. The Labute approximate surface area is 179 Å². The number of anilines is 1. The highest BCUT2D eigenvalue weighted by Crippen LogP contribution is 2.27. The normalized spacial score (nSPS) is 10.6. The molecule has 5 nitrogen and oxygen atoms in total. The van der Waals surface area contributed by atoms with Crippen LogP contribution in [0, 0.1) is 12.7 Å². The minimum Gasteiger partial charge on any atom is -0.461 e. The van der Waals surface area contributed by atoms with E-state index in [-0.39, 0.29) is 24.6 Å². The number of halogens is 1. The van der Waals surface area contributed by atoms with E-state index in [1.165, 1.54) is 22.3 Å². The number of aryl methyl sites for hydroxylation is 1. The van der Waals surface area contributed by atoms with Crippen LogP contribution >= 0.6 is 11.3 Å². The summed E-state index contributed by atoms with van der Waals surface area (Å²) < 4.78 is 19.1. The van der Waals surface area contributed by atoms with Crippen LogP contribution in [0.15, 0.2) is 54.6 Å². The van der Waals surface area contributed by atoms with E-state index in [9.17, 15) is 14.0 Å². The molecule has 7 heteroatoms. The molecule has 0 N–H and O–H groups in total. The number of carbonyl (C=O) groups is 2. The first-order valence-electron chi connectivity index (χ1n) is 9.71. The number of hydrogen-bond acceptors (Lipinski definition) is 5. The molecule has 0 radical (unpaired) electrons. The van der Waals surface area contributed by atoms with Crippen molar-refractivity contribution in [2.75, 3.05) is 18.1 Å². The fraction of sp³-hybridized carbons (Fsp3) is 0.261. The van der Waals surface area contributed by atoms with Crippen LogP contribution in [0.4, 0.5) is 9.52 Å². The van der Waals surface area contributed by atoms with Crippen molar-refractivity contribution < 1.29 is 18.7 Å². The number of aromatic nitrogens is 1. The van der Waals surface area contributed by atoms with Gasteiger partial charge < -0.3 is 4.74 Å². The average molecular weight is 427 g/mol. The molecule has 0 unspecified atom stereocenters. The summed E-state index contributed by atoms with van der Waals surface area (Å²) in [6.45, 7) is 4.11. The van der Waals surface area contributed by atoms with Gasteiger partial charge in [0.1, 0.15) is 5.82 Å². The number of rotatable bonds is 8. The van der Waals surface area contributed by atoms with Gasteiger partial charge in [-0.3, -0.25) is 9.69 Å². The van der Waals surface area contributed by atoms with Gasteiger partial charge in [-0.1, -0.05) is 48.5 Å². The number of ether oxygens (including phenoxy) is 1. The van der Waals surface area contributed by atoms with Crippen LogP contribution in [0.2, 0.25) is 0 Å². The molecule has 0 spiro atoms. The maximum atomic E-state index is 14.1. The third kappa shape index (κ3) is 5.30. The molecule has 0 saturated heterocycles. The predicted octanol–water partition coefficient (Wildman–Crippen LogP) is 4.59. The topological polar surface area (TPSA) is 59.5 Å². The molecule has 1 aromatic heterocycles. The molecule has 1 amide bonds. The molecule has 2 aromatic carbocycles. The molecule has 0 atom stereocenters. The monoisotopic (exact) mass is 426 g/mol. The smallest absolute Gasteiger partial charge is 0.358 e. The fourth-order valence-corrected chi connectivity index (χ4v) is 3.94. The van der Waals surface area contributed by atoms with E-state index in [4.69, 9.17) is 4.74 Å². The first-order valence-corrected chi connectivity index (χ1v) is 10.5. The van der Waals surface area contributed by atoms with Crippen LogP contribution in [0.3, 0.4) is 0 Å². The molecule has 0 aliphatic heterocycles. The van der Waals surface area contributed by atoms with Crippen LogP contribution in [-0.4, -0.2) is 30.0 Å². The lowest BCUT2D eigenvalue weighted by molar-refractivity contribution is -0.118. The van der Waals surface area contributed by atoms with Crippen molar-refractivity contribution in [2.45, 2.75) is 26.7 Å². The zero-order valence-corrected chi connectivity index (χ0v) is 17.7. The van der Waals surface area contributed by atoms with Crippen molar-refractivity contribution in [3.05, 3.63) is 82.1 Å². The Morgan fingerprint density at radius 1 is 1.10 bits per heavy atom. The molecular formula is C23H23FN2O3S. The van der Waals surface area contributed by atoms with Crippen molar-refractivity contribution in [3.63, 3.8) is 0 Å². The highest BCUT2D eigenvalue weighted by Gasteiger charge is 2.24. The molecular weight excluding hydrogens is 403 g/mol. The minimum absolute atomic E-state index is 0.0885. The standard InChI is InChI=1S/C23H23FN2O3S/c1-3-29-22(28)21-16(2)30-23(25-21)26(14-13-17-9-5-4-6-10-17)20(27)15-18-11-7-8-12-19(18)24/h4-12H,3,13-15H2,1-2H3. The van der Waals surface area contributed by atoms with Crippen LogP contribution < -0.4 is 4.90 Å². The molecule has 156 valence electrons. The van der Waals surface area contributed by atoms with Crippen LogP contribution in [-0.2, 0) is 22.4 Å². The van der Waals surface area contributed by atoms with Gasteiger partial charge in [-0.05, 0) is 37.5 Å². The summed E-state index contributed by atoms with van der Waals surface area (Å²) in [5, 5.41) is 0.410. The SMILES string of the molecule is CCOC(=O)c1nc(N(CCc2ccccc2)C(=O)Cc2ccccc2F)sc1C. The maximum Gasteiger partial charge on any atom is 0.358 e. The molecule has 0 aliphatic carbocycles. The van der Waals surface area contributed by atoms with Gasteiger partial charge in [0.25, 0.3) is 0 Å². The Morgan fingerprint density at radius 3 is 2.50 bits per heavy atom. The Bertz CT molecular complexity index is 1020. The van der Waals surface area contributed by atoms with Crippen molar-refractivity contribution in [1.82, 2.24) is 4.98 Å². The van der Waals surface area contributed by atoms with E-state index in [2.05, 4.69) is 4.98 Å². The summed E-state index contributed by atoms with van der Waals surface area (Å²) in [5.41, 5.74) is 1.60. The summed E-state index contributed by atoms with van der Waals surface area (Å²) in [5.74, 6) is -1.21. The number of hydrogen-bond donors (Lipinski definition) is 0. The largest absolute Gasteiger partial charge is 0.461 e. The highest BCUT2D eigenvalue weighted by molar-refractivity contribution is 7.16. The van der Waals surface area contributed by atoms with Crippen molar-refractivity contribution in [2.24, 2.45) is 0 Å². The molecule has 0 aliphatic rings. The van der Waals surface area contributed by atoms with Crippen molar-refractivity contribution >= 4 is 28.3 Å². The second kappa shape index (κ2) is 10.1. The third-order valence-corrected chi connectivity index (χ3v) is 5.55. The Morgan fingerprint density at radius 2 is 1.80 bits per heavy atom. The lowest BCUT2D eigenvalue weighted by atomic mass is 10.1. The van der Waals surface area contributed by atoms with Gasteiger partial charge in [0, 0.05) is 11.4 Å². The number of carbonyl (C=O) groups excluding carboxylic acids is 2. The molecule has 0 bridgehead atoms. The molecule has 30 heavy (non-hydrogen) atoms. The minimum atomic E-state index is -0.512. The Kier molecular flexibility index (Phi) is 7.30. The van der Waals surface area contributed by atoms with E-state index < -0.39 is 11.8 Å². The van der Waals surface area contributed by atoms with Gasteiger partial charge in [0.15, 0.2) is 10.8 Å². The number of nitrogens with zero attached hydrogens (tertiary/aromatic N) is 2. The van der Waals surface area contributed by atoms with Gasteiger partial charge in [0.2, 0.25) is 5.91 Å². The third-order valence-electron chi connectivity index (χ3n) is 4.55. The second-order valence-electron chi connectivity index (χ2n) is 6.67. The van der Waals surface area contributed by atoms with E-state index >= 15 is 0 Å². The number of esters is 1. The lowest BCUT2D eigenvalue weighted by Gasteiger charge is -2.20. The van der Waals surface area contributed by atoms with Crippen molar-refractivity contribution in [1.29, 1.82) is 0 Å². The Hall–Kier alpha value is -3.06. The number of amides is 1. The lowest BCUT2D eigenvalue weighted by Crippen LogP contribution is -2.34. The van der Waals surface area contributed by atoms with Gasteiger partial charge in [-0.25, -0.2) is 14.2 Å². The Balaban J connectivity index is 1.87. The first kappa shape index (κ1) is 21.6. The summed E-state index contributed by atoms with van der Waals surface area (Å²) >= 11 is 1.25. The van der Waals surface area contributed by atoms with E-state index in [0.717, 1.165) is 5.56 Å². The quantitative estimate of drug-likeness (QED) is 0.495. The average Bonchev–Trinajstić information content (AvgIpc) is 3.12. The van der Waals surface area contributed by atoms with E-state index in [0.29, 0.717) is 28.5 Å². The summed E-state index contributed by atoms with van der Waals surface area (Å²) in [6, 6.07) is 16.0. The molecule has 0 fully saturated rings. The van der Waals surface area contributed by atoms with Gasteiger partial charge in [-0.15, -0.1) is 11.3 Å².